The second-order valence-corrected chi connectivity index (χ2v) is 4.37. The molecule has 2 rings (SSSR count). The van der Waals surface area contributed by atoms with Crippen LogP contribution in [0.4, 0.5) is 0 Å². The van der Waals surface area contributed by atoms with Crippen molar-refractivity contribution in [2.45, 2.75) is 11.1 Å². The number of thiol groups is 1. The zero-order valence-electron chi connectivity index (χ0n) is 7.06. The third-order valence-corrected chi connectivity index (χ3v) is 3.24. The average Bonchev–Trinajstić information content (AvgIpc) is 2.49. The summed E-state index contributed by atoms with van der Waals surface area (Å²) < 4.78 is 0.959. The molecule has 0 atom stereocenters. The Labute approximate surface area is 86.1 Å². The van der Waals surface area contributed by atoms with E-state index in [0.717, 1.165) is 20.6 Å². The Hall–Kier alpha value is -0.870. The number of rotatable bonds is 1. The summed E-state index contributed by atoms with van der Waals surface area (Å²) in [6, 6.07) is 5.80. The van der Waals surface area contributed by atoms with Crippen LogP contribution in [0.1, 0.15) is 5.69 Å². The Kier molecular flexibility index (Phi) is 2.33. The highest BCUT2D eigenvalue weighted by atomic mass is 32.2. The lowest BCUT2D eigenvalue weighted by molar-refractivity contribution is 1.20. The minimum atomic E-state index is 0.913. The first-order chi connectivity index (χ1) is 6.27. The number of hydrogen-bond acceptors (Lipinski definition) is 4. The molecule has 0 saturated carbocycles. The van der Waals surface area contributed by atoms with Crippen LogP contribution in [0.5, 0.6) is 0 Å². The van der Waals surface area contributed by atoms with Gasteiger partial charge in [0.2, 0.25) is 0 Å². The highest BCUT2D eigenvalue weighted by Crippen LogP contribution is 2.28. The lowest BCUT2D eigenvalue weighted by Crippen LogP contribution is -1.80. The molecule has 0 bridgehead atoms. The number of nitrogens with zero attached hydrogens (tertiary/aromatic N) is 2. The van der Waals surface area contributed by atoms with Gasteiger partial charge in [-0.25, -0.2) is 4.98 Å². The molecule has 0 unspecified atom stereocenters. The second-order valence-electron chi connectivity index (χ2n) is 2.62. The lowest BCUT2D eigenvalue weighted by atomic mass is 10.4. The molecular weight excluding hydrogens is 200 g/mol. The quantitative estimate of drug-likeness (QED) is 0.729. The first-order valence-corrected chi connectivity index (χ1v) is 5.11. The Morgan fingerprint density at radius 3 is 2.77 bits per heavy atom. The lowest BCUT2D eigenvalue weighted by Gasteiger charge is -1.91. The van der Waals surface area contributed by atoms with Crippen molar-refractivity contribution in [2.24, 2.45) is 0 Å². The summed E-state index contributed by atoms with van der Waals surface area (Å²) >= 11 is 5.86. The summed E-state index contributed by atoms with van der Waals surface area (Å²) in [5.74, 6) is 0. The summed E-state index contributed by atoms with van der Waals surface area (Å²) in [5, 5.41) is 0.933. The molecule has 0 fully saturated rings. The van der Waals surface area contributed by atoms with Gasteiger partial charge in [0.05, 0.1) is 15.6 Å². The van der Waals surface area contributed by atoms with E-state index in [1.54, 1.807) is 17.5 Å². The minimum Gasteiger partial charge on any atom is -0.254 e. The van der Waals surface area contributed by atoms with Crippen LogP contribution >= 0.6 is 24.0 Å². The van der Waals surface area contributed by atoms with Crippen LogP contribution in [0.15, 0.2) is 28.6 Å². The third kappa shape index (κ3) is 1.73. The smallest absolute Gasteiger partial charge is 0.143 e. The second kappa shape index (κ2) is 3.47. The molecule has 2 aromatic rings. The summed E-state index contributed by atoms with van der Waals surface area (Å²) in [5.41, 5.74) is 1.88. The van der Waals surface area contributed by atoms with Gasteiger partial charge in [-0.2, -0.15) is 0 Å². The van der Waals surface area contributed by atoms with Crippen LogP contribution in [0.3, 0.4) is 0 Å². The van der Waals surface area contributed by atoms with Crippen molar-refractivity contribution in [1.29, 1.82) is 0 Å². The SMILES string of the molecule is Cc1nc(-c2ccccn2)sc1S. The van der Waals surface area contributed by atoms with E-state index in [2.05, 4.69) is 22.6 Å². The van der Waals surface area contributed by atoms with Crippen LogP contribution in [0.25, 0.3) is 10.7 Å². The van der Waals surface area contributed by atoms with Crippen LogP contribution in [-0.4, -0.2) is 9.97 Å². The van der Waals surface area contributed by atoms with E-state index in [1.807, 2.05) is 25.1 Å². The van der Waals surface area contributed by atoms with Gasteiger partial charge in [0.1, 0.15) is 5.01 Å². The van der Waals surface area contributed by atoms with Crippen LogP contribution in [0, 0.1) is 6.92 Å². The molecule has 0 aliphatic rings. The van der Waals surface area contributed by atoms with Crippen LogP contribution in [-0.2, 0) is 0 Å². The fourth-order valence-corrected chi connectivity index (χ4v) is 2.08. The molecule has 0 aliphatic heterocycles. The highest BCUT2D eigenvalue weighted by molar-refractivity contribution is 7.83. The van der Waals surface area contributed by atoms with E-state index in [4.69, 9.17) is 0 Å². The van der Waals surface area contributed by atoms with Crippen molar-refractivity contribution in [3.63, 3.8) is 0 Å². The number of aromatic nitrogens is 2. The van der Waals surface area contributed by atoms with Gasteiger partial charge in [-0.1, -0.05) is 6.07 Å². The van der Waals surface area contributed by atoms with Gasteiger partial charge >= 0.3 is 0 Å². The van der Waals surface area contributed by atoms with E-state index in [0.29, 0.717) is 0 Å². The van der Waals surface area contributed by atoms with E-state index >= 15 is 0 Å². The van der Waals surface area contributed by atoms with Gasteiger partial charge < -0.3 is 0 Å². The van der Waals surface area contributed by atoms with Crippen molar-refractivity contribution in [2.75, 3.05) is 0 Å². The molecule has 0 N–H and O–H groups in total. The normalized spacial score (nSPS) is 10.3. The molecule has 13 heavy (non-hydrogen) atoms. The fraction of sp³-hybridized carbons (Fsp3) is 0.111. The maximum atomic E-state index is 4.36. The van der Waals surface area contributed by atoms with Crippen molar-refractivity contribution >= 4 is 24.0 Å². The van der Waals surface area contributed by atoms with Crippen LogP contribution < -0.4 is 0 Å². The number of pyridine rings is 1. The molecule has 4 heteroatoms. The van der Waals surface area contributed by atoms with Gasteiger partial charge in [-0.3, -0.25) is 4.98 Å². The van der Waals surface area contributed by atoms with Gasteiger partial charge in [0.25, 0.3) is 0 Å². The standard InChI is InChI=1S/C9H8N2S2/c1-6-9(12)13-8(11-6)7-4-2-3-5-10-7/h2-5,12H,1H3. The molecule has 2 nitrogen and oxygen atoms in total. The largest absolute Gasteiger partial charge is 0.254 e. The number of hydrogen-bond donors (Lipinski definition) is 1. The van der Waals surface area contributed by atoms with Crippen molar-refractivity contribution in [3.8, 4) is 10.7 Å². The fourth-order valence-electron chi connectivity index (χ4n) is 0.987. The maximum Gasteiger partial charge on any atom is 0.143 e. The Bertz CT molecular complexity index is 389. The topological polar surface area (TPSA) is 25.8 Å². The predicted molar refractivity (Wildman–Crippen MR) is 57.3 cm³/mol. The maximum absolute atomic E-state index is 4.36. The van der Waals surface area contributed by atoms with Gasteiger partial charge in [-0.05, 0) is 19.1 Å². The molecule has 2 aromatic heterocycles. The molecule has 2 heterocycles. The Morgan fingerprint density at radius 2 is 2.23 bits per heavy atom. The molecule has 66 valence electrons. The van der Waals surface area contributed by atoms with E-state index in [1.165, 1.54) is 0 Å². The third-order valence-electron chi connectivity index (χ3n) is 1.66. The van der Waals surface area contributed by atoms with Crippen LogP contribution in [0.2, 0.25) is 0 Å². The van der Waals surface area contributed by atoms with E-state index in [-0.39, 0.29) is 0 Å². The van der Waals surface area contributed by atoms with E-state index in [9.17, 15) is 0 Å². The van der Waals surface area contributed by atoms with Crippen molar-refractivity contribution in [1.82, 2.24) is 9.97 Å². The highest BCUT2D eigenvalue weighted by Gasteiger charge is 2.06. The number of thiazole rings is 1. The molecule has 0 amide bonds. The molecule has 0 aliphatic carbocycles. The summed E-state index contributed by atoms with van der Waals surface area (Å²) in [6.07, 6.45) is 1.77. The Balaban J connectivity index is 2.48. The average molecular weight is 208 g/mol. The summed E-state index contributed by atoms with van der Waals surface area (Å²) in [6.45, 7) is 1.95. The predicted octanol–water partition coefficient (Wildman–Crippen LogP) is 2.80. The molecule has 0 spiro atoms. The van der Waals surface area contributed by atoms with E-state index < -0.39 is 0 Å². The van der Waals surface area contributed by atoms with Gasteiger partial charge in [0, 0.05) is 6.20 Å². The monoisotopic (exact) mass is 208 g/mol. The first kappa shape index (κ1) is 8.72. The zero-order chi connectivity index (χ0) is 9.26. The molecule has 0 radical (unpaired) electrons. The molecular formula is C9H8N2S2. The molecule has 0 aromatic carbocycles. The zero-order valence-corrected chi connectivity index (χ0v) is 8.77. The van der Waals surface area contributed by atoms with Gasteiger partial charge in [-0.15, -0.1) is 24.0 Å². The summed E-state index contributed by atoms with van der Waals surface area (Å²) in [4.78, 5) is 8.58. The summed E-state index contributed by atoms with van der Waals surface area (Å²) in [7, 11) is 0. The number of aryl methyl sites for hydroxylation is 1. The van der Waals surface area contributed by atoms with Crippen molar-refractivity contribution in [3.05, 3.63) is 30.1 Å². The minimum absolute atomic E-state index is 0.913. The first-order valence-electron chi connectivity index (χ1n) is 3.85. The van der Waals surface area contributed by atoms with Crippen molar-refractivity contribution < 1.29 is 0 Å². The Morgan fingerprint density at radius 1 is 1.38 bits per heavy atom. The molecule has 0 saturated heterocycles. The van der Waals surface area contributed by atoms with Gasteiger partial charge in [0.15, 0.2) is 0 Å².